The Balaban J connectivity index is 1.70. The van der Waals surface area contributed by atoms with Gasteiger partial charge in [0, 0.05) is 13.1 Å². The summed E-state index contributed by atoms with van der Waals surface area (Å²) in [4.78, 5) is 6.99. The van der Waals surface area contributed by atoms with Gasteiger partial charge in [-0.3, -0.25) is 0 Å². The number of hydrogen-bond acceptors (Lipinski definition) is 4. The van der Waals surface area contributed by atoms with E-state index in [0.717, 1.165) is 37.4 Å². The molecule has 1 saturated heterocycles. The predicted octanol–water partition coefficient (Wildman–Crippen LogP) is 2.93. The van der Waals surface area contributed by atoms with Gasteiger partial charge in [-0.25, -0.2) is 0 Å². The Morgan fingerprint density at radius 3 is 2.75 bits per heavy atom. The maximum Gasteiger partial charge on any atom is 0.239 e. The van der Waals surface area contributed by atoms with Crippen molar-refractivity contribution in [2.45, 2.75) is 33.1 Å². The van der Waals surface area contributed by atoms with Crippen LogP contribution >= 0.6 is 0 Å². The second-order valence-electron chi connectivity index (χ2n) is 6.51. The number of pyridine rings is 1. The Labute approximate surface area is 121 Å². The van der Waals surface area contributed by atoms with Crippen LogP contribution in [0.5, 0.6) is 5.88 Å². The minimum atomic E-state index is 0.612. The zero-order valence-electron chi connectivity index (χ0n) is 12.5. The Morgan fingerprint density at radius 1 is 1.25 bits per heavy atom. The molecule has 1 aromatic rings. The minimum absolute atomic E-state index is 0.612. The highest BCUT2D eigenvalue weighted by Gasteiger charge is 2.25. The van der Waals surface area contributed by atoms with Crippen molar-refractivity contribution >= 4 is 11.5 Å². The van der Waals surface area contributed by atoms with Crippen LogP contribution in [0.3, 0.4) is 0 Å². The SMILES string of the molecule is CC1CCN(c2ccc(N)c(OCC3CC3)n2)CC1C. The molecule has 1 aliphatic carbocycles. The van der Waals surface area contributed by atoms with Crippen molar-refractivity contribution in [2.24, 2.45) is 17.8 Å². The number of nitrogens with zero attached hydrogens (tertiary/aromatic N) is 2. The molecule has 2 unspecified atom stereocenters. The third-order valence-electron chi connectivity index (χ3n) is 4.69. The maximum absolute atomic E-state index is 5.97. The second-order valence-corrected chi connectivity index (χ2v) is 6.51. The van der Waals surface area contributed by atoms with E-state index in [0.29, 0.717) is 17.5 Å². The summed E-state index contributed by atoms with van der Waals surface area (Å²) in [6.07, 6.45) is 3.79. The summed E-state index contributed by atoms with van der Waals surface area (Å²) in [6, 6.07) is 3.94. The van der Waals surface area contributed by atoms with Gasteiger partial charge in [-0.15, -0.1) is 0 Å². The molecule has 3 rings (SSSR count). The zero-order chi connectivity index (χ0) is 14.1. The number of nitrogen functional groups attached to an aromatic ring is 1. The lowest BCUT2D eigenvalue weighted by Crippen LogP contribution is -2.38. The maximum atomic E-state index is 5.97. The van der Waals surface area contributed by atoms with Crippen molar-refractivity contribution < 1.29 is 4.74 Å². The van der Waals surface area contributed by atoms with Gasteiger partial charge in [-0.1, -0.05) is 13.8 Å². The molecule has 1 aliphatic heterocycles. The van der Waals surface area contributed by atoms with E-state index in [4.69, 9.17) is 10.5 Å². The summed E-state index contributed by atoms with van der Waals surface area (Å²) < 4.78 is 5.78. The zero-order valence-corrected chi connectivity index (χ0v) is 12.5. The molecular formula is C16H25N3O. The number of piperidine rings is 1. The van der Waals surface area contributed by atoms with Gasteiger partial charge >= 0.3 is 0 Å². The van der Waals surface area contributed by atoms with Crippen molar-refractivity contribution in [3.63, 3.8) is 0 Å². The Kier molecular flexibility index (Phi) is 3.72. The summed E-state index contributed by atoms with van der Waals surface area (Å²) in [6.45, 7) is 7.56. The average Bonchev–Trinajstić information content (AvgIpc) is 3.25. The summed E-state index contributed by atoms with van der Waals surface area (Å²) >= 11 is 0. The number of rotatable bonds is 4. The second kappa shape index (κ2) is 5.51. The highest BCUT2D eigenvalue weighted by atomic mass is 16.5. The van der Waals surface area contributed by atoms with E-state index in [9.17, 15) is 0 Å². The molecule has 1 aromatic heterocycles. The van der Waals surface area contributed by atoms with Gasteiger partial charge in [0.15, 0.2) is 0 Å². The van der Waals surface area contributed by atoms with Crippen LogP contribution in [-0.4, -0.2) is 24.7 Å². The quantitative estimate of drug-likeness (QED) is 0.918. The Morgan fingerprint density at radius 2 is 2.05 bits per heavy atom. The smallest absolute Gasteiger partial charge is 0.239 e. The molecule has 0 bridgehead atoms. The number of ether oxygens (including phenoxy) is 1. The largest absolute Gasteiger partial charge is 0.476 e. The summed E-state index contributed by atoms with van der Waals surface area (Å²) in [5, 5.41) is 0. The van der Waals surface area contributed by atoms with Crippen LogP contribution < -0.4 is 15.4 Å². The fourth-order valence-corrected chi connectivity index (χ4v) is 2.69. The van der Waals surface area contributed by atoms with E-state index in [2.05, 4.69) is 23.7 Å². The van der Waals surface area contributed by atoms with Crippen LogP contribution in [0.25, 0.3) is 0 Å². The van der Waals surface area contributed by atoms with E-state index in [1.807, 2.05) is 12.1 Å². The molecule has 0 spiro atoms. The van der Waals surface area contributed by atoms with Crippen molar-refractivity contribution in [2.75, 3.05) is 30.3 Å². The van der Waals surface area contributed by atoms with Gasteiger partial charge in [0.1, 0.15) is 5.82 Å². The normalized spacial score (nSPS) is 26.6. The molecule has 110 valence electrons. The van der Waals surface area contributed by atoms with Gasteiger partial charge in [-0.2, -0.15) is 4.98 Å². The fourth-order valence-electron chi connectivity index (χ4n) is 2.69. The van der Waals surface area contributed by atoms with Crippen LogP contribution in [-0.2, 0) is 0 Å². The van der Waals surface area contributed by atoms with Crippen molar-refractivity contribution in [1.29, 1.82) is 0 Å². The highest BCUT2D eigenvalue weighted by Crippen LogP contribution is 2.32. The van der Waals surface area contributed by atoms with Crippen LogP contribution in [0, 0.1) is 17.8 Å². The monoisotopic (exact) mass is 275 g/mol. The topological polar surface area (TPSA) is 51.4 Å². The van der Waals surface area contributed by atoms with E-state index in [1.54, 1.807) is 0 Å². The number of anilines is 2. The van der Waals surface area contributed by atoms with Crippen LogP contribution in [0.15, 0.2) is 12.1 Å². The first-order valence-electron chi connectivity index (χ1n) is 7.77. The molecule has 1 saturated carbocycles. The molecule has 0 radical (unpaired) electrons. The van der Waals surface area contributed by atoms with Gasteiger partial charge in [0.05, 0.1) is 12.3 Å². The van der Waals surface area contributed by atoms with Crippen molar-refractivity contribution in [1.82, 2.24) is 4.98 Å². The Bertz CT molecular complexity index is 473. The average molecular weight is 275 g/mol. The van der Waals surface area contributed by atoms with Crippen LogP contribution in [0.1, 0.15) is 33.1 Å². The standard InChI is InChI=1S/C16H25N3O/c1-11-7-8-19(9-12(11)2)15-6-5-14(17)16(18-15)20-10-13-3-4-13/h5-6,11-13H,3-4,7-10,17H2,1-2H3. The molecule has 2 atom stereocenters. The fraction of sp³-hybridized carbons (Fsp3) is 0.688. The van der Waals surface area contributed by atoms with Gasteiger partial charge in [-0.05, 0) is 49.1 Å². The lowest BCUT2D eigenvalue weighted by molar-refractivity contribution is 0.289. The molecular weight excluding hydrogens is 250 g/mol. The van der Waals surface area contributed by atoms with E-state index in [1.165, 1.54) is 19.3 Å². The molecule has 20 heavy (non-hydrogen) atoms. The lowest BCUT2D eigenvalue weighted by Gasteiger charge is -2.36. The highest BCUT2D eigenvalue weighted by molar-refractivity contribution is 5.54. The first-order valence-corrected chi connectivity index (χ1v) is 7.77. The van der Waals surface area contributed by atoms with E-state index < -0.39 is 0 Å². The number of nitrogens with two attached hydrogens (primary N) is 1. The predicted molar refractivity (Wildman–Crippen MR) is 82.0 cm³/mol. The molecule has 4 heteroatoms. The van der Waals surface area contributed by atoms with E-state index >= 15 is 0 Å². The number of hydrogen-bond donors (Lipinski definition) is 1. The van der Waals surface area contributed by atoms with Gasteiger partial charge in [0.2, 0.25) is 5.88 Å². The lowest BCUT2D eigenvalue weighted by atomic mass is 9.89. The summed E-state index contributed by atoms with van der Waals surface area (Å²) in [7, 11) is 0. The van der Waals surface area contributed by atoms with Crippen LogP contribution in [0.4, 0.5) is 11.5 Å². The molecule has 0 amide bonds. The first-order chi connectivity index (χ1) is 9.63. The van der Waals surface area contributed by atoms with E-state index in [-0.39, 0.29) is 0 Å². The molecule has 4 nitrogen and oxygen atoms in total. The van der Waals surface area contributed by atoms with Crippen LogP contribution in [0.2, 0.25) is 0 Å². The molecule has 2 aliphatic rings. The molecule has 2 heterocycles. The third kappa shape index (κ3) is 3.00. The molecule has 2 fully saturated rings. The third-order valence-corrected chi connectivity index (χ3v) is 4.69. The van der Waals surface area contributed by atoms with Crippen molar-refractivity contribution in [3.05, 3.63) is 12.1 Å². The molecule has 2 N–H and O–H groups in total. The van der Waals surface area contributed by atoms with Gasteiger partial charge < -0.3 is 15.4 Å². The molecule has 0 aromatic carbocycles. The Hall–Kier alpha value is -1.45. The summed E-state index contributed by atoms with van der Waals surface area (Å²) in [5.41, 5.74) is 6.62. The first kappa shape index (κ1) is 13.5. The summed E-state index contributed by atoms with van der Waals surface area (Å²) in [5.74, 6) is 3.84. The number of aromatic nitrogens is 1. The minimum Gasteiger partial charge on any atom is -0.476 e. The van der Waals surface area contributed by atoms with Gasteiger partial charge in [0.25, 0.3) is 0 Å². The van der Waals surface area contributed by atoms with Crippen molar-refractivity contribution in [3.8, 4) is 5.88 Å².